The fourth-order valence-corrected chi connectivity index (χ4v) is 1.77. The van der Waals surface area contributed by atoms with E-state index in [-0.39, 0.29) is 17.7 Å². The zero-order valence-corrected chi connectivity index (χ0v) is 10.9. The number of halogens is 1. The van der Waals surface area contributed by atoms with E-state index in [1.165, 1.54) is 13.0 Å². The Morgan fingerprint density at radius 3 is 2.63 bits per heavy atom. The Hall–Kier alpha value is -2.11. The van der Waals surface area contributed by atoms with E-state index in [0.717, 1.165) is 12.1 Å². The van der Waals surface area contributed by atoms with Crippen LogP contribution in [-0.4, -0.2) is 22.5 Å². The normalized spacial score (nSPS) is 13.6. The van der Waals surface area contributed by atoms with Crippen LogP contribution >= 0.6 is 0 Å². The third-order valence-electron chi connectivity index (χ3n) is 2.87. The van der Waals surface area contributed by atoms with E-state index in [1.807, 2.05) is 6.92 Å². The van der Waals surface area contributed by atoms with Crippen LogP contribution in [0, 0.1) is 5.82 Å². The molecule has 104 valence electrons. The number of hydrogen-bond donors (Lipinski definition) is 3. The van der Waals surface area contributed by atoms with Crippen molar-refractivity contribution >= 4 is 17.6 Å². The number of nitrogens with two attached hydrogens (primary N) is 1. The fourth-order valence-electron chi connectivity index (χ4n) is 1.77. The van der Waals surface area contributed by atoms with Gasteiger partial charge in [-0.2, -0.15) is 0 Å². The molecule has 0 heterocycles. The first-order chi connectivity index (χ1) is 8.80. The summed E-state index contributed by atoms with van der Waals surface area (Å²) in [4.78, 5) is 23.2. The van der Waals surface area contributed by atoms with Gasteiger partial charge in [-0.1, -0.05) is 13.3 Å². The van der Waals surface area contributed by atoms with Gasteiger partial charge in [-0.15, -0.1) is 0 Å². The van der Waals surface area contributed by atoms with E-state index in [0.29, 0.717) is 6.42 Å². The van der Waals surface area contributed by atoms with Crippen molar-refractivity contribution in [2.45, 2.75) is 32.2 Å². The summed E-state index contributed by atoms with van der Waals surface area (Å²) in [7, 11) is 0. The predicted molar refractivity (Wildman–Crippen MR) is 69.2 cm³/mol. The van der Waals surface area contributed by atoms with Crippen molar-refractivity contribution in [1.29, 1.82) is 0 Å². The third-order valence-corrected chi connectivity index (χ3v) is 2.87. The summed E-state index contributed by atoms with van der Waals surface area (Å²) in [6.07, 6.45) is 0.852. The van der Waals surface area contributed by atoms with Crippen molar-refractivity contribution in [3.63, 3.8) is 0 Å². The highest BCUT2D eigenvalue weighted by atomic mass is 19.1. The van der Waals surface area contributed by atoms with E-state index in [9.17, 15) is 14.0 Å². The molecule has 1 rings (SSSR count). The lowest BCUT2D eigenvalue weighted by Gasteiger charge is -2.26. The lowest BCUT2D eigenvalue weighted by Crippen LogP contribution is -2.52. The zero-order chi connectivity index (χ0) is 14.6. The van der Waals surface area contributed by atoms with E-state index in [2.05, 4.69) is 5.32 Å². The smallest absolute Gasteiger partial charge is 0.329 e. The molecule has 0 radical (unpaired) electrons. The highest BCUT2D eigenvalue weighted by Gasteiger charge is 2.34. The largest absolute Gasteiger partial charge is 0.480 e. The molecule has 6 heteroatoms. The van der Waals surface area contributed by atoms with Gasteiger partial charge in [-0.05, 0) is 31.5 Å². The first kappa shape index (κ1) is 14.9. The van der Waals surface area contributed by atoms with E-state index >= 15 is 0 Å². The molecule has 0 saturated heterocycles. The van der Waals surface area contributed by atoms with Gasteiger partial charge in [0.1, 0.15) is 11.4 Å². The van der Waals surface area contributed by atoms with Gasteiger partial charge in [0.25, 0.3) is 5.91 Å². The lowest BCUT2D eigenvalue weighted by molar-refractivity contribution is -0.144. The standard InChI is InChI=1S/C13H17FN2O3/c1-3-6-13(2,12(18)19)16-11(17)9-7-8(14)4-5-10(9)15/h4-5,7H,3,6,15H2,1-2H3,(H,16,17)(H,18,19). The van der Waals surface area contributed by atoms with Gasteiger partial charge in [0.05, 0.1) is 5.56 Å². The van der Waals surface area contributed by atoms with Crippen LogP contribution in [0.15, 0.2) is 18.2 Å². The number of aliphatic carboxylic acids is 1. The first-order valence-electron chi connectivity index (χ1n) is 5.91. The minimum absolute atomic E-state index is 0.0661. The Balaban J connectivity index is 3.00. The van der Waals surface area contributed by atoms with E-state index < -0.39 is 23.2 Å². The molecule has 0 aliphatic rings. The second kappa shape index (κ2) is 5.69. The molecule has 0 spiro atoms. The van der Waals surface area contributed by atoms with Gasteiger partial charge in [-0.25, -0.2) is 9.18 Å². The zero-order valence-electron chi connectivity index (χ0n) is 10.9. The summed E-state index contributed by atoms with van der Waals surface area (Å²) < 4.78 is 13.1. The number of hydrogen-bond acceptors (Lipinski definition) is 3. The number of carbonyl (C=O) groups is 2. The van der Waals surface area contributed by atoms with Gasteiger partial charge in [0.15, 0.2) is 0 Å². The fraction of sp³-hybridized carbons (Fsp3) is 0.385. The molecule has 0 aromatic heterocycles. The molecule has 1 amide bonds. The summed E-state index contributed by atoms with van der Waals surface area (Å²) in [5.74, 6) is -2.44. The number of carboxylic acids is 1. The highest BCUT2D eigenvalue weighted by molar-refractivity contribution is 6.01. The number of carboxylic acid groups (broad SMARTS) is 1. The molecule has 0 aliphatic heterocycles. The summed E-state index contributed by atoms with van der Waals surface area (Å²) in [6.45, 7) is 3.22. The Morgan fingerprint density at radius 1 is 1.47 bits per heavy atom. The average molecular weight is 268 g/mol. The number of carbonyl (C=O) groups excluding carboxylic acids is 1. The molecule has 0 bridgehead atoms. The minimum atomic E-state index is -1.40. The lowest BCUT2D eigenvalue weighted by atomic mass is 9.95. The third kappa shape index (κ3) is 3.43. The number of nitrogens with one attached hydrogen (secondary N) is 1. The van der Waals surface area contributed by atoms with Gasteiger partial charge in [0.2, 0.25) is 0 Å². The summed E-state index contributed by atoms with van der Waals surface area (Å²) in [6, 6.07) is 3.38. The van der Waals surface area contributed by atoms with E-state index in [4.69, 9.17) is 10.8 Å². The van der Waals surface area contributed by atoms with Crippen LogP contribution in [0.3, 0.4) is 0 Å². The Labute approximate surface area is 110 Å². The van der Waals surface area contributed by atoms with Gasteiger partial charge in [0, 0.05) is 5.69 Å². The average Bonchev–Trinajstić information content (AvgIpc) is 2.32. The number of benzene rings is 1. The number of rotatable bonds is 5. The van der Waals surface area contributed by atoms with Crippen LogP contribution in [-0.2, 0) is 4.79 Å². The molecule has 5 nitrogen and oxygen atoms in total. The van der Waals surface area contributed by atoms with Gasteiger partial charge >= 0.3 is 5.97 Å². The van der Waals surface area contributed by atoms with Crippen LogP contribution in [0.1, 0.15) is 37.0 Å². The molecule has 0 fully saturated rings. The highest BCUT2D eigenvalue weighted by Crippen LogP contribution is 2.17. The van der Waals surface area contributed by atoms with E-state index in [1.54, 1.807) is 0 Å². The molecule has 1 unspecified atom stereocenters. The molecule has 1 aromatic rings. The molecular weight excluding hydrogens is 251 g/mol. The van der Waals surface area contributed by atoms with Crippen molar-refractivity contribution in [3.05, 3.63) is 29.6 Å². The summed E-state index contributed by atoms with van der Waals surface area (Å²) in [5, 5.41) is 11.6. The monoisotopic (exact) mass is 268 g/mol. The molecule has 0 saturated carbocycles. The summed E-state index contributed by atoms with van der Waals surface area (Å²) >= 11 is 0. The second-order valence-electron chi connectivity index (χ2n) is 4.57. The SMILES string of the molecule is CCCC(C)(NC(=O)c1cc(F)ccc1N)C(=O)O. The topological polar surface area (TPSA) is 92.4 Å². The molecule has 0 aliphatic carbocycles. The van der Waals surface area contributed by atoms with Gasteiger partial charge in [-0.3, -0.25) is 4.79 Å². The maximum atomic E-state index is 13.1. The Morgan fingerprint density at radius 2 is 2.11 bits per heavy atom. The number of amides is 1. The van der Waals surface area contributed by atoms with Crippen LogP contribution in [0.4, 0.5) is 10.1 Å². The maximum Gasteiger partial charge on any atom is 0.329 e. The molecular formula is C13H17FN2O3. The number of anilines is 1. The first-order valence-corrected chi connectivity index (χ1v) is 5.91. The molecule has 19 heavy (non-hydrogen) atoms. The molecule has 1 atom stereocenters. The van der Waals surface area contributed by atoms with Crippen molar-refractivity contribution in [3.8, 4) is 0 Å². The van der Waals surface area contributed by atoms with Crippen LogP contribution in [0.5, 0.6) is 0 Å². The molecule has 1 aromatic carbocycles. The Kier molecular flexibility index (Phi) is 4.47. The second-order valence-corrected chi connectivity index (χ2v) is 4.57. The van der Waals surface area contributed by atoms with Crippen LogP contribution in [0.2, 0.25) is 0 Å². The summed E-state index contributed by atoms with van der Waals surface area (Å²) in [5.41, 5.74) is 4.22. The van der Waals surface area contributed by atoms with Crippen molar-refractivity contribution in [1.82, 2.24) is 5.32 Å². The van der Waals surface area contributed by atoms with Crippen molar-refractivity contribution < 1.29 is 19.1 Å². The molecule has 4 N–H and O–H groups in total. The predicted octanol–water partition coefficient (Wildman–Crippen LogP) is 1.78. The maximum absolute atomic E-state index is 13.1. The Bertz CT molecular complexity index is 505. The number of nitrogen functional groups attached to an aromatic ring is 1. The van der Waals surface area contributed by atoms with Crippen molar-refractivity contribution in [2.24, 2.45) is 0 Å². The minimum Gasteiger partial charge on any atom is -0.480 e. The van der Waals surface area contributed by atoms with Gasteiger partial charge < -0.3 is 16.2 Å². The van der Waals surface area contributed by atoms with Crippen LogP contribution in [0.25, 0.3) is 0 Å². The van der Waals surface area contributed by atoms with Crippen LogP contribution < -0.4 is 11.1 Å². The van der Waals surface area contributed by atoms with Crippen molar-refractivity contribution in [2.75, 3.05) is 5.73 Å². The quantitative estimate of drug-likeness (QED) is 0.710.